The van der Waals surface area contributed by atoms with Crippen LogP contribution >= 0.6 is 11.6 Å². The second-order valence-electron chi connectivity index (χ2n) is 4.92. The Morgan fingerprint density at radius 3 is 2.90 bits per heavy atom. The molecular weight excluding hydrogens is 272 g/mol. The van der Waals surface area contributed by atoms with Crippen molar-refractivity contribution in [3.05, 3.63) is 58.6 Å². The fourth-order valence-electron chi connectivity index (χ4n) is 2.46. The molecule has 0 atom stereocenters. The highest BCUT2D eigenvalue weighted by molar-refractivity contribution is 6.31. The largest absolute Gasteiger partial charge is 0.326 e. The Labute approximate surface area is 123 Å². The van der Waals surface area contributed by atoms with Gasteiger partial charge in [-0.05, 0) is 42.7 Å². The first-order valence-electron chi connectivity index (χ1n) is 6.58. The first kappa shape index (κ1) is 13.0. The van der Waals surface area contributed by atoms with E-state index in [1.165, 1.54) is 5.56 Å². The summed E-state index contributed by atoms with van der Waals surface area (Å²) in [6.07, 6.45) is 0.901. The number of benzene rings is 2. The number of amides is 2. The van der Waals surface area contributed by atoms with Crippen molar-refractivity contribution in [3.8, 4) is 0 Å². The number of hydrogen-bond donors (Lipinski definition) is 1. The van der Waals surface area contributed by atoms with Gasteiger partial charge in [-0.1, -0.05) is 35.9 Å². The Morgan fingerprint density at radius 2 is 2.05 bits per heavy atom. The molecule has 2 aromatic carbocycles. The highest BCUT2D eigenvalue weighted by Crippen LogP contribution is 2.28. The van der Waals surface area contributed by atoms with E-state index in [9.17, 15) is 4.79 Å². The summed E-state index contributed by atoms with van der Waals surface area (Å²) >= 11 is 5.98. The van der Waals surface area contributed by atoms with E-state index in [0.29, 0.717) is 11.6 Å². The second kappa shape index (κ2) is 5.17. The van der Waals surface area contributed by atoms with Crippen LogP contribution in [-0.2, 0) is 6.42 Å². The number of fused-ring (bicyclic) bond motifs is 1. The van der Waals surface area contributed by atoms with E-state index in [0.717, 1.165) is 23.4 Å². The molecule has 3 rings (SSSR count). The molecule has 0 aliphatic carbocycles. The third-order valence-electron chi connectivity index (χ3n) is 3.57. The van der Waals surface area contributed by atoms with Crippen LogP contribution in [0.1, 0.15) is 11.1 Å². The SMILES string of the molecule is Cc1ccc(Cl)cc1NC(=O)N1CCc2ccccc21. The van der Waals surface area contributed by atoms with Crippen molar-refractivity contribution in [2.75, 3.05) is 16.8 Å². The van der Waals surface area contributed by atoms with E-state index < -0.39 is 0 Å². The lowest BCUT2D eigenvalue weighted by Crippen LogP contribution is -2.33. The average Bonchev–Trinajstić information content (AvgIpc) is 2.87. The minimum absolute atomic E-state index is 0.111. The number of halogens is 1. The predicted octanol–water partition coefficient (Wildman–Crippen LogP) is 4.24. The Balaban J connectivity index is 1.83. The Hall–Kier alpha value is -2.00. The van der Waals surface area contributed by atoms with E-state index >= 15 is 0 Å². The van der Waals surface area contributed by atoms with Crippen LogP contribution in [0.3, 0.4) is 0 Å². The maximum Gasteiger partial charge on any atom is 0.326 e. The lowest BCUT2D eigenvalue weighted by Gasteiger charge is -2.19. The number of carbonyl (C=O) groups excluding carboxylic acids is 1. The van der Waals surface area contributed by atoms with E-state index in [-0.39, 0.29) is 6.03 Å². The number of nitrogens with zero attached hydrogens (tertiary/aromatic N) is 1. The number of aryl methyl sites for hydroxylation is 1. The quantitative estimate of drug-likeness (QED) is 0.835. The van der Waals surface area contributed by atoms with Crippen LogP contribution in [0.5, 0.6) is 0 Å². The predicted molar refractivity (Wildman–Crippen MR) is 82.7 cm³/mol. The number of para-hydroxylation sites is 1. The van der Waals surface area contributed by atoms with Crippen LogP contribution in [-0.4, -0.2) is 12.6 Å². The van der Waals surface area contributed by atoms with Crippen LogP contribution in [0.25, 0.3) is 0 Å². The number of nitrogens with one attached hydrogen (secondary N) is 1. The van der Waals surface area contributed by atoms with Crippen molar-refractivity contribution < 1.29 is 4.79 Å². The average molecular weight is 287 g/mol. The molecule has 0 spiro atoms. The van der Waals surface area contributed by atoms with Crippen LogP contribution in [0, 0.1) is 6.92 Å². The molecule has 2 aromatic rings. The van der Waals surface area contributed by atoms with Crippen molar-refractivity contribution >= 4 is 29.0 Å². The molecule has 1 heterocycles. The Kier molecular flexibility index (Phi) is 3.36. The van der Waals surface area contributed by atoms with Gasteiger partial charge < -0.3 is 5.32 Å². The summed E-state index contributed by atoms with van der Waals surface area (Å²) in [7, 11) is 0. The second-order valence-corrected chi connectivity index (χ2v) is 5.36. The molecule has 0 unspecified atom stereocenters. The summed E-state index contributed by atoms with van der Waals surface area (Å²) in [4.78, 5) is 14.2. The summed E-state index contributed by atoms with van der Waals surface area (Å²) in [6.45, 7) is 2.66. The lowest BCUT2D eigenvalue weighted by atomic mass is 10.2. The first-order chi connectivity index (χ1) is 9.65. The molecule has 102 valence electrons. The molecule has 2 amide bonds. The molecule has 3 nitrogen and oxygen atoms in total. The van der Waals surface area contributed by atoms with Gasteiger partial charge in [0, 0.05) is 22.9 Å². The number of carbonyl (C=O) groups is 1. The molecule has 0 bridgehead atoms. The van der Waals surface area contributed by atoms with Gasteiger partial charge in [0.05, 0.1) is 0 Å². The molecule has 0 fully saturated rings. The van der Waals surface area contributed by atoms with E-state index in [1.54, 1.807) is 11.0 Å². The molecule has 1 aliphatic rings. The van der Waals surface area contributed by atoms with Crippen molar-refractivity contribution in [1.29, 1.82) is 0 Å². The third-order valence-corrected chi connectivity index (χ3v) is 3.81. The fourth-order valence-corrected chi connectivity index (χ4v) is 2.63. The number of rotatable bonds is 1. The number of anilines is 2. The third kappa shape index (κ3) is 2.37. The molecule has 0 saturated carbocycles. The zero-order valence-corrected chi connectivity index (χ0v) is 11.9. The monoisotopic (exact) mass is 286 g/mol. The van der Waals surface area contributed by atoms with Crippen LogP contribution < -0.4 is 10.2 Å². The van der Waals surface area contributed by atoms with Gasteiger partial charge in [0.25, 0.3) is 0 Å². The Bertz CT molecular complexity index is 669. The highest BCUT2D eigenvalue weighted by atomic mass is 35.5. The van der Waals surface area contributed by atoms with Gasteiger partial charge in [0.15, 0.2) is 0 Å². The van der Waals surface area contributed by atoms with Gasteiger partial charge in [-0.3, -0.25) is 4.90 Å². The number of hydrogen-bond acceptors (Lipinski definition) is 1. The minimum Gasteiger partial charge on any atom is -0.307 e. The minimum atomic E-state index is -0.111. The number of urea groups is 1. The summed E-state index contributed by atoms with van der Waals surface area (Å²) in [6, 6.07) is 13.4. The van der Waals surface area contributed by atoms with Crippen LogP contribution in [0.2, 0.25) is 5.02 Å². The van der Waals surface area contributed by atoms with Gasteiger partial charge >= 0.3 is 6.03 Å². The van der Waals surface area contributed by atoms with Gasteiger partial charge in [0.1, 0.15) is 0 Å². The summed E-state index contributed by atoms with van der Waals surface area (Å²) < 4.78 is 0. The first-order valence-corrected chi connectivity index (χ1v) is 6.95. The fraction of sp³-hybridized carbons (Fsp3) is 0.188. The summed E-state index contributed by atoms with van der Waals surface area (Å²) in [5.41, 5.74) is 3.96. The molecular formula is C16H15ClN2O. The Morgan fingerprint density at radius 1 is 1.25 bits per heavy atom. The normalized spacial score (nSPS) is 13.2. The molecule has 1 N–H and O–H groups in total. The standard InChI is InChI=1S/C16H15ClN2O/c1-11-6-7-13(17)10-14(11)18-16(20)19-9-8-12-4-2-3-5-15(12)19/h2-7,10H,8-9H2,1H3,(H,18,20). The summed E-state index contributed by atoms with van der Waals surface area (Å²) in [5.74, 6) is 0. The molecule has 0 radical (unpaired) electrons. The molecule has 20 heavy (non-hydrogen) atoms. The smallest absolute Gasteiger partial charge is 0.307 e. The van der Waals surface area contributed by atoms with Crippen molar-refractivity contribution in [3.63, 3.8) is 0 Å². The lowest BCUT2D eigenvalue weighted by molar-refractivity contribution is 0.257. The van der Waals surface area contributed by atoms with E-state index in [4.69, 9.17) is 11.6 Å². The van der Waals surface area contributed by atoms with Gasteiger partial charge in [-0.25, -0.2) is 4.79 Å². The molecule has 0 saturated heterocycles. The zero-order chi connectivity index (χ0) is 14.1. The topological polar surface area (TPSA) is 32.3 Å². The molecule has 0 aromatic heterocycles. The summed E-state index contributed by atoms with van der Waals surface area (Å²) in [5, 5.41) is 3.55. The van der Waals surface area contributed by atoms with Gasteiger partial charge in [-0.2, -0.15) is 0 Å². The highest BCUT2D eigenvalue weighted by Gasteiger charge is 2.24. The van der Waals surface area contributed by atoms with Gasteiger partial charge in [-0.15, -0.1) is 0 Å². The maximum absolute atomic E-state index is 12.4. The van der Waals surface area contributed by atoms with Crippen molar-refractivity contribution in [1.82, 2.24) is 0 Å². The molecule has 4 heteroatoms. The van der Waals surface area contributed by atoms with E-state index in [2.05, 4.69) is 11.4 Å². The van der Waals surface area contributed by atoms with Gasteiger partial charge in [0.2, 0.25) is 0 Å². The van der Waals surface area contributed by atoms with Crippen LogP contribution in [0.4, 0.5) is 16.2 Å². The zero-order valence-electron chi connectivity index (χ0n) is 11.2. The van der Waals surface area contributed by atoms with Crippen LogP contribution in [0.15, 0.2) is 42.5 Å². The van der Waals surface area contributed by atoms with Crippen molar-refractivity contribution in [2.45, 2.75) is 13.3 Å². The molecule has 1 aliphatic heterocycles. The van der Waals surface area contributed by atoms with Crippen molar-refractivity contribution in [2.24, 2.45) is 0 Å². The van der Waals surface area contributed by atoms with E-state index in [1.807, 2.05) is 37.3 Å². The maximum atomic E-state index is 12.4.